The van der Waals surface area contributed by atoms with Crippen LogP contribution in [-0.2, 0) is 0 Å². The Bertz CT molecular complexity index is 604. The zero-order valence-electron chi connectivity index (χ0n) is 8.91. The molecule has 82 valence electrons. The second-order valence-corrected chi connectivity index (χ2v) is 3.53. The molecule has 0 saturated heterocycles. The normalized spacial score (nSPS) is 10.4. The molecule has 0 fully saturated rings. The van der Waals surface area contributed by atoms with Crippen LogP contribution < -0.4 is 0 Å². The molecule has 0 unspecified atom stereocenters. The van der Waals surface area contributed by atoms with Gasteiger partial charge in [0.25, 0.3) is 0 Å². The van der Waals surface area contributed by atoms with E-state index in [1.165, 1.54) is 0 Å². The minimum absolute atomic E-state index is 0.623. The summed E-state index contributed by atoms with van der Waals surface area (Å²) in [6, 6.07) is 7.96. The Labute approximate surface area is 97.6 Å². The lowest BCUT2D eigenvalue weighted by molar-refractivity contribution is 0.980. The van der Waals surface area contributed by atoms with Crippen LogP contribution in [0.15, 0.2) is 49.1 Å². The minimum atomic E-state index is 0.623. The number of nitrogens with one attached hydrogen (secondary N) is 1. The molecule has 17 heavy (non-hydrogen) atoms. The van der Waals surface area contributed by atoms with Crippen molar-refractivity contribution < 1.29 is 0 Å². The summed E-state index contributed by atoms with van der Waals surface area (Å²) in [5, 5.41) is 14.5. The number of hydrogen-bond acceptors (Lipinski definition) is 4. The van der Waals surface area contributed by atoms with Crippen molar-refractivity contribution in [1.29, 1.82) is 0 Å². The fraction of sp³-hybridized carbons (Fsp3) is 0. The molecule has 0 saturated carbocycles. The van der Waals surface area contributed by atoms with Gasteiger partial charge in [-0.3, -0.25) is 5.10 Å². The van der Waals surface area contributed by atoms with Crippen molar-refractivity contribution in [2.24, 2.45) is 0 Å². The number of H-pyrrole nitrogens is 1. The first-order valence-corrected chi connectivity index (χ1v) is 5.17. The van der Waals surface area contributed by atoms with Gasteiger partial charge in [-0.05, 0) is 11.6 Å². The Morgan fingerprint density at radius 2 is 1.94 bits per heavy atom. The van der Waals surface area contributed by atoms with Gasteiger partial charge in [0.05, 0.1) is 12.4 Å². The highest BCUT2D eigenvalue weighted by molar-refractivity contribution is 5.68. The van der Waals surface area contributed by atoms with E-state index in [4.69, 9.17) is 0 Å². The molecular formula is C12H9N5. The molecule has 0 aliphatic carbocycles. The second kappa shape index (κ2) is 4.13. The largest absolute Gasteiger partial charge is 0.285 e. The summed E-state index contributed by atoms with van der Waals surface area (Å²) in [6.45, 7) is 0. The van der Waals surface area contributed by atoms with E-state index in [2.05, 4.69) is 25.4 Å². The van der Waals surface area contributed by atoms with E-state index in [0.29, 0.717) is 5.82 Å². The van der Waals surface area contributed by atoms with Crippen LogP contribution in [0.4, 0.5) is 0 Å². The molecular weight excluding hydrogens is 214 g/mol. The molecule has 2 heterocycles. The van der Waals surface area contributed by atoms with Gasteiger partial charge in [-0.15, -0.1) is 5.10 Å². The Morgan fingerprint density at radius 3 is 2.71 bits per heavy atom. The first-order valence-electron chi connectivity index (χ1n) is 5.17. The number of aromatic nitrogens is 5. The fourth-order valence-electron chi connectivity index (χ4n) is 1.63. The third-order valence-corrected chi connectivity index (χ3v) is 2.43. The maximum absolute atomic E-state index is 4.17. The van der Waals surface area contributed by atoms with Crippen LogP contribution in [0.5, 0.6) is 0 Å². The topological polar surface area (TPSA) is 67.3 Å². The zero-order chi connectivity index (χ0) is 11.5. The Hall–Kier alpha value is -2.56. The van der Waals surface area contributed by atoms with Crippen molar-refractivity contribution in [1.82, 2.24) is 25.4 Å². The molecule has 0 spiro atoms. The SMILES string of the molecule is c1cc(-c2cn[nH]c2)cc(-c2nccnn2)c1. The molecule has 0 aliphatic heterocycles. The average Bonchev–Trinajstić information content (AvgIpc) is 2.94. The molecule has 3 rings (SSSR count). The molecule has 0 atom stereocenters. The van der Waals surface area contributed by atoms with Crippen LogP contribution in [0, 0.1) is 0 Å². The molecule has 3 aromatic rings. The van der Waals surface area contributed by atoms with E-state index >= 15 is 0 Å². The van der Waals surface area contributed by atoms with Crippen LogP contribution in [0.3, 0.4) is 0 Å². The lowest BCUT2D eigenvalue weighted by Gasteiger charge is -2.01. The van der Waals surface area contributed by atoms with Crippen LogP contribution >= 0.6 is 0 Å². The predicted octanol–water partition coefficient (Wildman–Crippen LogP) is 1.93. The monoisotopic (exact) mass is 223 g/mol. The number of aromatic amines is 1. The maximum Gasteiger partial charge on any atom is 0.181 e. The number of hydrogen-bond donors (Lipinski definition) is 1. The van der Waals surface area contributed by atoms with Gasteiger partial charge in [0.1, 0.15) is 0 Å². The Kier molecular flexibility index (Phi) is 2.34. The van der Waals surface area contributed by atoms with E-state index < -0.39 is 0 Å². The summed E-state index contributed by atoms with van der Waals surface area (Å²) in [5.41, 5.74) is 3.05. The molecule has 5 nitrogen and oxygen atoms in total. The minimum Gasteiger partial charge on any atom is -0.285 e. The highest BCUT2D eigenvalue weighted by Crippen LogP contribution is 2.22. The third-order valence-electron chi connectivity index (χ3n) is 2.43. The van der Waals surface area contributed by atoms with Crippen molar-refractivity contribution in [2.75, 3.05) is 0 Å². The van der Waals surface area contributed by atoms with Crippen LogP contribution in [0.25, 0.3) is 22.5 Å². The molecule has 0 radical (unpaired) electrons. The van der Waals surface area contributed by atoms with E-state index in [0.717, 1.165) is 16.7 Å². The van der Waals surface area contributed by atoms with Gasteiger partial charge in [0.2, 0.25) is 0 Å². The third kappa shape index (κ3) is 1.90. The van der Waals surface area contributed by atoms with Gasteiger partial charge in [-0.1, -0.05) is 18.2 Å². The molecule has 1 N–H and O–H groups in total. The van der Waals surface area contributed by atoms with Crippen molar-refractivity contribution in [3.8, 4) is 22.5 Å². The van der Waals surface area contributed by atoms with Crippen LogP contribution in [0.1, 0.15) is 0 Å². The molecule has 0 aliphatic rings. The first-order chi connectivity index (χ1) is 8.43. The van der Waals surface area contributed by atoms with E-state index in [1.54, 1.807) is 18.6 Å². The van der Waals surface area contributed by atoms with Gasteiger partial charge in [0, 0.05) is 23.5 Å². The van der Waals surface area contributed by atoms with Crippen LogP contribution in [0.2, 0.25) is 0 Å². The summed E-state index contributed by atoms with van der Waals surface area (Å²) in [5.74, 6) is 0.623. The fourth-order valence-corrected chi connectivity index (χ4v) is 1.63. The van der Waals surface area contributed by atoms with Gasteiger partial charge in [0.15, 0.2) is 5.82 Å². The molecule has 0 bridgehead atoms. The van der Waals surface area contributed by atoms with E-state index in [1.807, 2.05) is 30.5 Å². The molecule has 0 amide bonds. The van der Waals surface area contributed by atoms with Gasteiger partial charge < -0.3 is 0 Å². The number of nitrogens with zero attached hydrogens (tertiary/aromatic N) is 4. The van der Waals surface area contributed by atoms with Gasteiger partial charge >= 0.3 is 0 Å². The summed E-state index contributed by atoms with van der Waals surface area (Å²) in [4.78, 5) is 4.17. The number of benzene rings is 1. The van der Waals surface area contributed by atoms with Crippen molar-refractivity contribution in [3.05, 3.63) is 49.1 Å². The second-order valence-electron chi connectivity index (χ2n) is 3.53. The summed E-state index contributed by atoms with van der Waals surface area (Å²) in [7, 11) is 0. The van der Waals surface area contributed by atoms with Crippen molar-refractivity contribution in [2.45, 2.75) is 0 Å². The smallest absolute Gasteiger partial charge is 0.181 e. The van der Waals surface area contributed by atoms with E-state index in [9.17, 15) is 0 Å². The van der Waals surface area contributed by atoms with Crippen LogP contribution in [-0.4, -0.2) is 25.4 Å². The van der Waals surface area contributed by atoms with Gasteiger partial charge in [-0.25, -0.2) is 4.98 Å². The lowest BCUT2D eigenvalue weighted by Crippen LogP contribution is -1.90. The summed E-state index contributed by atoms with van der Waals surface area (Å²) >= 11 is 0. The Balaban J connectivity index is 2.06. The summed E-state index contributed by atoms with van der Waals surface area (Å²) < 4.78 is 0. The molecule has 1 aromatic carbocycles. The molecule has 2 aromatic heterocycles. The Morgan fingerprint density at radius 1 is 1.00 bits per heavy atom. The van der Waals surface area contributed by atoms with Gasteiger partial charge in [-0.2, -0.15) is 10.2 Å². The van der Waals surface area contributed by atoms with Crippen molar-refractivity contribution in [3.63, 3.8) is 0 Å². The average molecular weight is 223 g/mol. The first kappa shape index (κ1) is 9.65. The number of rotatable bonds is 2. The zero-order valence-corrected chi connectivity index (χ0v) is 8.91. The predicted molar refractivity (Wildman–Crippen MR) is 62.8 cm³/mol. The maximum atomic E-state index is 4.17. The highest BCUT2D eigenvalue weighted by Gasteiger charge is 2.04. The molecule has 5 heteroatoms. The standard InChI is InChI=1S/C12H9N5/c1-2-9(11-7-15-16-8-11)6-10(3-1)12-13-4-5-14-17-12/h1-8H,(H,15,16). The van der Waals surface area contributed by atoms with E-state index in [-0.39, 0.29) is 0 Å². The quantitative estimate of drug-likeness (QED) is 0.720. The summed E-state index contributed by atoms with van der Waals surface area (Å²) in [6.07, 6.45) is 6.82. The van der Waals surface area contributed by atoms with Crippen molar-refractivity contribution >= 4 is 0 Å². The lowest BCUT2D eigenvalue weighted by atomic mass is 10.1. The highest BCUT2D eigenvalue weighted by atomic mass is 15.1.